The fourth-order valence-corrected chi connectivity index (χ4v) is 1.90. The van der Waals surface area contributed by atoms with Gasteiger partial charge in [-0.25, -0.2) is 9.97 Å². The molecule has 1 aromatic rings. The summed E-state index contributed by atoms with van der Waals surface area (Å²) in [6.45, 7) is 7.41. The van der Waals surface area contributed by atoms with E-state index in [0.717, 1.165) is 42.4 Å². The zero-order valence-electron chi connectivity index (χ0n) is 12.1. The normalized spacial score (nSPS) is 10.4. The van der Waals surface area contributed by atoms with Crippen LogP contribution in [0.25, 0.3) is 0 Å². The first-order valence-electron chi connectivity index (χ1n) is 7.02. The Morgan fingerprint density at radius 3 is 2.33 bits per heavy atom. The number of aromatic nitrogens is 2. The van der Waals surface area contributed by atoms with Crippen molar-refractivity contribution in [3.8, 4) is 0 Å². The maximum atomic E-state index is 4.61. The lowest BCUT2D eigenvalue weighted by Crippen LogP contribution is -2.10. The topological polar surface area (TPSA) is 49.8 Å². The Balaban J connectivity index is 2.77. The molecule has 0 spiro atoms. The third-order valence-corrected chi connectivity index (χ3v) is 2.98. The monoisotopic (exact) mass is 250 g/mol. The molecule has 0 radical (unpaired) electrons. The predicted octanol–water partition coefficient (Wildman–Crippen LogP) is 3.38. The van der Waals surface area contributed by atoms with E-state index in [1.807, 2.05) is 7.05 Å². The molecule has 0 bridgehead atoms. The number of nitrogens with zero attached hydrogens (tertiary/aromatic N) is 2. The van der Waals surface area contributed by atoms with Crippen LogP contribution >= 0.6 is 0 Å². The van der Waals surface area contributed by atoms with Gasteiger partial charge in [-0.2, -0.15) is 0 Å². The van der Waals surface area contributed by atoms with E-state index < -0.39 is 0 Å². The molecule has 1 heterocycles. The van der Waals surface area contributed by atoms with E-state index in [2.05, 4.69) is 41.4 Å². The van der Waals surface area contributed by atoms with E-state index in [1.165, 1.54) is 19.3 Å². The third kappa shape index (κ3) is 4.17. The number of aryl methyl sites for hydroxylation is 1. The zero-order chi connectivity index (χ0) is 13.4. The molecule has 102 valence electrons. The molecule has 0 aliphatic rings. The van der Waals surface area contributed by atoms with Crippen LogP contribution in [0.3, 0.4) is 0 Å². The van der Waals surface area contributed by atoms with E-state index in [1.54, 1.807) is 0 Å². The quantitative estimate of drug-likeness (QED) is 0.694. The van der Waals surface area contributed by atoms with E-state index in [4.69, 9.17) is 0 Å². The standard InChI is InChI=1S/C14H26N4/c1-5-7-8-10-16-14-11(3)13(15-4)17-12(18-14)9-6-2/h5-10H2,1-4H3,(H2,15,16,17,18). The van der Waals surface area contributed by atoms with Crippen LogP contribution < -0.4 is 10.6 Å². The lowest BCUT2D eigenvalue weighted by atomic mass is 10.2. The van der Waals surface area contributed by atoms with Gasteiger partial charge in [-0.3, -0.25) is 0 Å². The highest BCUT2D eigenvalue weighted by molar-refractivity contribution is 5.56. The SMILES string of the molecule is CCCCCNc1nc(CCC)nc(NC)c1C. The second-order valence-corrected chi connectivity index (χ2v) is 4.60. The minimum Gasteiger partial charge on any atom is -0.373 e. The van der Waals surface area contributed by atoms with Crippen molar-refractivity contribution < 1.29 is 0 Å². The van der Waals surface area contributed by atoms with Gasteiger partial charge in [0.05, 0.1) is 0 Å². The maximum absolute atomic E-state index is 4.61. The second-order valence-electron chi connectivity index (χ2n) is 4.60. The highest BCUT2D eigenvalue weighted by Crippen LogP contribution is 2.20. The molecule has 1 aromatic heterocycles. The van der Waals surface area contributed by atoms with E-state index >= 15 is 0 Å². The van der Waals surface area contributed by atoms with Crippen LogP contribution in [0.1, 0.15) is 50.9 Å². The summed E-state index contributed by atoms with van der Waals surface area (Å²) in [5.74, 6) is 2.84. The summed E-state index contributed by atoms with van der Waals surface area (Å²) in [6.07, 6.45) is 5.70. The lowest BCUT2D eigenvalue weighted by Gasteiger charge is -2.13. The van der Waals surface area contributed by atoms with Gasteiger partial charge in [0, 0.05) is 25.6 Å². The van der Waals surface area contributed by atoms with Crippen molar-refractivity contribution in [3.63, 3.8) is 0 Å². The average Bonchev–Trinajstić information content (AvgIpc) is 2.38. The zero-order valence-corrected chi connectivity index (χ0v) is 12.1. The molecule has 18 heavy (non-hydrogen) atoms. The van der Waals surface area contributed by atoms with E-state index in [9.17, 15) is 0 Å². The Bertz CT molecular complexity index is 363. The first-order chi connectivity index (χ1) is 8.72. The first-order valence-corrected chi connectivity index (χ1v) is 7.02. The van der Waals surface area contributed by atoms with Crippen molar-refractivity contribution in [2.24, 2.45) is 0 Å². The highest BCUT2D eigenvalue weighted by atomic mass is 15.1. The Morgan fingerprint density at radius 1 is 1.00 bits per heavy atom. The minimum atomic E-state index is 0.922. The predicted molar refractivity (Wildman–Crippen MR) is 78.3 cm³/mol. The molecule has 0 fully saturated rings. The number of anilines is 2. The molecule has 4 nitrogen and oxygen atoms in total. The summed E-state index contributed by atoms with van der Waals surface area (Å²) in [5, 5.41) is 6.58. The van der Waals surface area contributed by atoms with Crippen LogP contribution in [0.5, 0.6) is 0 Å². The second kappa shape index (κ2) is 7.90. The molecule has 0 saturated carbocycles. The van der Waals surface area contributed by atoms with Gasteiger partial charge in [-0.1, -0.05) is 26.7 Å². The Kier molecular flexibility index (Phi) is 6.47. The fraction of sp³-hybridized carbons (Fsp3) is 0.714. The summed E-state index contributed by atoms with van der Waals surface area (Å²) in [7, 11) is 1.91. The summed E-state index contributed by atoms with van der Waals surface area (Å²) >= 11 is 0. The van der Waals surface area contributed by atoms with Crippen LogP contribution in [0.4, 0.5) is 11.6 Å². The fourth-order valence-electron chi connectivity index (χ4n) is 1.90. The van der Waals surface area contributed by atoms with Crippen LogP contribution in [0.2, 0.25) is 0 Å². The van der Waals surface area contributed by atoms with Gasteiger partial charge in [-0.15, -0.1) is 0 Å². The lowest BCUT2D eigenvalue weighted by molar-refractivity contribution is 0.740. The summed E-state index contributed by atoms with van der Waals surface area (Å²) in [6, 6.07) is 0. The van der Waals surface area contributed by atoms with Crippen LogP contribution in [-0.4, -0.2) is 23.6 Å². The Hall–Kier alpha value is -1.32. The van der Waals surface area contributed by atoms with Crippen molar-refractivity contribution in [1.82, 2.24) is 9.97 Å². The van der Waals surface area contributed by atoms with Crippen molar-refractivity contribution >= 4 is 11.6 Å². The minimum absolute atomic E-state index is 0.922. The largest absolute Gasteiger partial charge is 0.373 e. The van der Waals surface area contributed by atoms with Crippen LogP contribution in [0.15, 0.2) is 0 Å². The van der Waals surface area contributed by atoms with Gasteiger partial charge in [-0.05, 0) is 19.8 Å². The molecule has 0 saturated heterocycles. The summed E-state index contributed by atoms with van der Waals surface area (Å²) < 4.78 is 0. The van der Waals surface area contributed by atoms with Crippen molar-refractivity contribution in [3.05, 3.63) is 11.4 Å². The van der Waals surface area contributed by atoms with Gasteiger partial charge in [0.25, 0.3) is 0 Å². The molecule has 0 unspecified atom stereocenters. The molecular formula is C14H26N4. The molecule has 0 aromatic carbocycles. The molecule has 2 N–H and O–H groups in total. The Labute approximate surface area is 111 Å². The van der Waals surface area contributed by atoms with Gasteiger partial charge in [0.1, 0.15) is 17.5 Å². The van der Waals surface area contributed by atoms with Crippen LogP contribution in [0, 0.1) is 6.92 Å². The van der Waals surface area contributed by atoms with Gasteiger partial charge in [0.2, 0.25) is 0 Å². The van der Waals surface area contributed by atoms with Crippen molar-refractivity contribution in [2.75, 3.05) is 24.2 Å². The third-order valence-electron chi connectivity index (χ3n) is 2.98. The first kappa shape index (κ1) is 14.7. The molecule has 0 aliphatic carbocycles. The van der Waals surface area contributed by atoms with Gasteiger partial charge >= 0.3 is 0 Å². The smallest absolute Gasteiger partial charge is 0.134 e. The van der Waals surface area contributed by atoms with Gasteiger partial charge in [0.15, 0.2) is 0 Å². The maximum Gasteiger partial charge on any atom is 0.134 e. The van der Waals surface area contributed by atoms with Gasteiger partial charge < -0.3 is 10.6 Å². The van der Waals surface area contributed by atoms with Crippen LogP contribution in [-0.2, 0) is 6.42 Å². The number of hydrogen-bond acceptors (Lipinski definition) is 4. The Morgan fingerprint density at radius 2 is 1.72 bits per heavy atom. The molecular weight excluding hydrogens is 224 g/mol. The number of hydrogen-bond donors (Lipinski definition) is 2. The average molecular weight is 250 g/mol. The highest BCUT2D eigenvalue weighted by Gasteiger charge is 2.08. The number of unbranched alkanes of at least 4 members (excludes halogenated alkanes) is 2. The molecule has 0 amide bonds. The summed E-state index contributed by atoms with van der Waals surface area (Å²) in [5.41, 5.74) is 1.11. The van der Waals surface area contributed by atoms with E-state index in [-0.39, 0.29) is 0 Å². The molecule has 0 atom stereocenters. The van der Waals surface area contributed by atoms with Crippen molar-refractivity contribution in [2.45, 2.75) is 52.9 Å². The molecule has 1 rings (SSSR count). The van der Waals surface area contributed by atoms with E-state index in [0.29, 0.717) is 0 Å². The number of nitrogens with one attached hydrogen (secondary N) is 2. The molecule has 4 heteroatoms. The summed E-state index contributed by atoms with van der Waals surface area (Å²) in [4.78, 5) is 9.13. The molecule has 0 aliphatic heterocycles. The number of rotatable bonds is 8. The van der Waals surface area contributed by atoms with Crippen molar-refractivity contribution in [1.29, 1.82) is 0 Å².